The monoisotopic (exact) mass is 517 g/mol. The van der Waals surface area contributed by atoms with Crippen LogP contribution in [0, 0.1) is 0 Å². The number of benzene rings is 2. The number of sulfonamides is 1. The summed E-state index contributed by atoms with van der Waals surface area (Å²) in [6.07, 6.45) is -0.0723. The number of nitrogens with one attached hydrogen (secondary N) is 2. The van der Waals surface area contributed by atoms with E-state index in [1.54, 1.807) is 6.07 Å². The molecule has 1 saturated heterocycles. The van der Waals surface area contributed by atoms with Gasteiger partial charge in [-0.2, -0.15) is 4.31 Å². The fourth-order valence-corrected chi connectivity index (χ4v) is 5.54. The fraction of sp³-hybridized carbons (Fsp3) is 0.300. The van der Waals surface area contributed by atoms with E-state index in [0.717, 1.165) is 4.31 Å². The highest BCUT2D eigenvalue weighted by atomic mass is 35.5. The van der Waals surface area contributed by atoms with Crippen LogP contribution in [0.15, 0.2) is 41.3 Å². The molecule has 0 spiro atoms. The molecule has 0 saturated carbocycles. The van der Waals surface area contributed by atoms with Crippen LogP contribution in [0.1, 0.15) is 16.8 Å². The van der Waals surface area contributed by atoms with Crippen LogP contribution < -0.4 is 20.3 Å². The number of hydrogen-bond acceptors (Lipinski definition) is 7. The number of nitrogens with zero attached hydrogens (tertiary/aromatic N) is 1. The smallest absolute Gasteiger partial charge is 0.261 e. The molecular weight excluding hydrogens is 497 g/mol. The van der Waals surface area contributed by atoms with Crippen molar-refractivity contribution in [3.8, 4) is 11.5 Å². The van der Waals surface area contributed by atoms with Crippen LogP contribution in [0.2, 0.25) is 10.0 Å². The van der Waals surface area contributed by atoms with Gasteiger partial charge in [-0.1, -0.05) is 23.2 Å². The molecule has 2 aromatic rings. The molecule has 0 unspecified atom stereocenters. The fourth-order valence-electron chi connectivity index (χ4n) is 3.51. The van der Waals surface area contributed by atoms with Crippen LogP contribution in [-0.2, 0) is 14.8 Å². The van der Waals surface area contributed by atoms with Crippen LogP contribution in [-0.4, -0.2) is 62.6 Å². The zero-order valence-electron chi connectivity index (χ0n) is 17.5. The first kappa shape index (κ1) is 25.1. The van der Waals surface area contributed by atoms with Gasteiger partial charge in [0.05, 0.1) is 34.7 Å². The average Bonchev–Trinajstić information content (AvgIpc) is 3.24. The van der Waals surface area contributed by atoms with Crippen molar-refractivity contribution < 1.29 is 32.7 Å². The number of hydrogen-bond donors (Lipinski definition) is 3. The van der Waals surface area contributed by atoms with E-state index in [-0.39, 0.29) is 39.2 Å². The first-order valence-corrected chi connectivity index (χ1v) is 11.8. The summed E-state index contributed by atoms with van der Waals surface area (Å²) in [5.74, 6) is -0.716. The number of halogens is 2. The third-order valence-electron chi connectivity index (χ3n) is 5.15. The maximum absolute atomic E-state index is 13.2. The highest BCUT2D eigenvalue weighted by Crippen LogP contribution is 2.31. The maximum atomic E-state index is 13.2. The highest BCUT2D eigenvalue weighted by Gasteiger charge is 2.44. The van der Waals surface area contributed by atoms with E-state index < -0.39 is 33.9 Å². The Morgan fingerprint density at radius 3 is 2.42 bits per heavy atom. The molecule has 10 nitrogen and oxygen atoms in total. The Hall–Kier alpha value is -2.57. The summed E-state index contributed by atoms with van der Waals surface area (Å²) < 4.78 is 37.7. The van der Waals surface area contributed by atoms with Gasteiger partial charge in [-0.25, -0.2) is 13.9 Å². The molecule has 0 bridgehead atoms. The molecule has 3 rings (SSSR count). The van der Waals surface area contributed by atoms with Crippen molar-refractivity contribution in [3.05, 3.63) is 52.0 Å². The van der Waals surface area contributed by atoms with Gasteiger partial charge >= 0.3 is 0 Å². The molecule has 1 fully saturated rings. The summed E-state index contributed by atoms with van der Waals surface area (Å²) in [5, 5.41) is 12.0. The molecule has 2 aromatic carbocycles. The van der Waals surface area contributed by atoms with E-state index in [9.17, 15) is 18.0 Å². The van der Waals surface area contributed by atoms with Gasteiger partial charge in [0.25, 0.3) is 11.8 Å². The minimum atomic E-state index is -4.21. The zero-order valence-corrected chi connectivity index (χ0v) is 19.9. The number of carbonyl (C=O) groups excluding carboxylic acids is 2. The Bertz CT molecular complexity index is 1180. The molecule has 0 radical (unpaired) electrons. The quantitative estimate of drug-likeness (QED) is 0.378. The number of rotatable bonds is 7. The average molecular weight is 518 g/mol. The largest absolute Gasteiger partial charge is 0.497 e. The lowest BCUT2D eigenvalue weighted by Crippen LogP contribution is -2.45. The Morgan fingerprint density at radius 2 is 1.82 bits per heavy atom. The predicted molar refractivity (Wildman–Crippen MR) is 119 cm³/mol. The van der Waals surface area contributed by atoms with Crippen molar-refractivity contribution >= 4 is 45.0 Å². The first-order valence-electron chi connectivity index (χ1n) is 9.56. The Morgan fingerprint density at radius 1 is 1.09 bits per heavy atom. The van der Waals surface area contributed by atoms with Crippen LogP contribution in [0.3, 0.4) is 0 Å². The van der Waals surface area contributed by atoms with Gasteiger partial charge in [-0.05, 0) is 36.8 Å². The van der Waals surface area contributed by atoms with Crippen LogP contribution in [0.25, 0.3) is 0 Å². The van der Waals surface area contributed by atoms with Crippen LogP contribution in [0.5, 0.6) is 11.5 Å². The van der Waals surface area contributed by atoms with Gasteiger partial charge in [0, 0.05) is 18.7 Å². The van der Waals surface area contributed by atoms with Gasteiger partial charge in [0.15, 0.2) is 0 Å². The van der Waals surface area contributed by atoms with E-state index >= 15 is 0 Å². The van der Waals surface area contributed by atoms with Gasteiger partial charge in [-0.3, -0.25) is 14.8 Å². The van der Waals surface area contributed by atoms with Crippen LogP contribution in [0.4, 0.5) is 0 Å². The minimum absolute atomic E-state index is 0.0246. The van der Waals surface area contributed by atoms with Crippen molar-refractivity contribution in [1.29, 1.82) is 0 Å². The molecule has 0 aliphatic carbocycles. The number of ether oxygens (including phenoxy) is 2. The summed E-state index contributed by atoms with van der Waals surface area (Å²) in [6, 6.07) is 6.36. The minimum Gasteiger partial charge on any atom is -0.497 e. The molecule has 3 N–H and O–H groups in total. The highest BCUT2D eigenvalue weighted by molar-refractivity contribution is 7.89. The topological polar surface area (TPSA) is 134 Å². The molecule has 2 atom stereocenters. The Kier molecular flexibility index (Phi) is 7.70. The SMILES string of the molecule is COc1ccc(C(=O)N[C@H]2C[C@H](C(=O)NO)N(S(=O)(=O)c3ccc(Cl)c(Cl)c3)C2)c(OC)c1. The maximum Gasteiger partial charge on any atom is 0.261 e. The second-order valence-corrected chi connectivity index (χ2v) is 9.82. The molecule has 1 aliphatic rings. The van der Waals surface area contributed by atoms with Gasteiger partial charge < -0.3 is 14.8 Å². The van der Waals surface area contributed by atoms with E-state index in [4.69, 9.17) is 37.9 Å². The van der Waals surface area contributed by atoms with Gasteiger partial charge in [0.1, 0.15) is 17.5 Å². The van der Waals surface area contributed by atoms with Crippen LogP contribution >= 0.6 is 23.2 Å². The number of amides is 2. The van der Waals surface area contributed by atoms with E-state index in [1.807, 2.05) is 0 Å². The van der Waals surface area contributed by atoms with Crippen molar-refractivity contribution in [2.45, 2.75) is 23.4 Å². The Labute approximate surface area is 200 Å². The molecule has 1 heterocycles. The normalized spacial score (nSPS) is 18.6. The number of hydroxylamine groups is 1. The van der Waals surface area contributed by atoms with Crippen molar-refractivity contribution in [2.75, 3.05) is 20.8 Å². The summed E-state index contributed by atoms with van der Waals surface area (Å²) in [5.41, 5.74) is 1.68. The molecule has 33 heavy (non-hydrogen) atoms. The lowest BCUT2D eigenvalue weighted by Gasteiger charge is -2.22. The molecule has 2 amide bonds. The molecule has 13 heteroatoms. The predicted octanol–water partition coefficient (Wildman–Crippen LogP) is 2.08. The summed E-state index contributed by atoms with van der Waals surface area (Å²) in [4.78, 5) is 24.9. The zero-order chi connectivity index (χ0) is 24.3. The molecule has 178 valence electrons. The lowest BCUT2D eigenvalue weighted by atomic mass is 10.1. The first-order chi connectivity index (χ1) is 15.6. The van der Waals surface area contributed by atoms with Crippen molar-refractivity contribution in [1.82, 2.24) is 15.1 Å². The second kappa shape index (κ2) is 10.1. The molecule has 1 aliphatic heterocycles. The summed E-state index contributed by atoms with van der Waals surface area (Å²) >= 11 is 11.8. The summed E-state index contributed by atoms with van der Waals surface area (Å²) in [7, 11) is -1.34. The van der Waals surface area contributed by atoms with E-state index in [0.29, 0.717) is 5.75 Å². The Balaban J connectivity index is 1.87. The molecule has 0 aromatic heterocycles. The van der Waals surface area contributed by atoms with Gasteiger partial charge in [0.2, 0.25) is 10.0 Å². The lowest BCUT2D eigenvalue weighted by molar-refractivity contribution is -0.132. The summed E-state index contributed by atoms with van der Waals surface area (Å²) in [6.45, 7) is -0.217. The standard InChI is InChI=1S/C20H21Cl2N3O7S/c1-31-12-3-5-14(18(8-12)32-2)19(26)23-11-7-17(20(27)24-28)25(10-11)33(29,30)13-4-6-15(21)16(22)9-13/h3-6,8-9,11,17,28H,7,10H2,1-2H3,(H,23,26)(H,24,27)/t11-,17+/m0/s1. The third-order valence-corrected chi connectivity index (χ3v) is 7.76. The van der Waals surface area contributed by atoms with Crippen molar-refractivity contribution in [3.63, 3.8) is 0 Å². The van der Waals surface area contributed by atoms with Crippen molar-refractivity contribution in [2.24, 2.45) is 0 Å². The second-order valence-electron chi connectivity index (χ2n) is 7.11. The number of carbonyl (C=O) groups is 2. The number of methoxy groups -OCH3 is 2. The third kappa shape index (κ3) is 5.17. The van der Waals surface area contributed by atoms with Gasteiger partial charge in [-0.15, -0.1) is 0 Å². The van der Waals surface area contributed by atoms with E-state index in [2.05, 4.69) is 5.32 Å². The molecular formula is C20H21Cl2N3O7S. The van der Waals surface area contributed by atoms with E-state index in [1.165, 1.54) is 50.0 Å².